The van der Waals surface area contributed by atoms with Crippen LogP contribution in [-0.2, 0) is 17.9 Å². The number of hydrogen-bond acceptors (Lipinski definition) is 8. The summed E-state index contributed by atoms with van der Waals surface area (Å²) >= 11 is 0.774. The zero-order valence-corrected chi connectivity index (χ0v) is 19.2. The quantitative estimate of drug-likeness (QED) is 0.275. The number of fused-ring (bicyclic) bond motifs is 1. The van der Waals surface area contributed by atoms with Crippen LogP contribution in [0.1, 0.15) is 34.4 Å². The molecule has 182 valence electrons. The number of pyridine rings is 1. The van der Waals surface area contributed by atoms with Crippen LogP contribution in [0, 0.1) is 17.0 Å². The maximum absolute atomic E-state index is 13.6. The molecule has 4 aromatic rings. The molecule has 15 heteroatoms. The van der Waals surface area contributed by atoms with E-state index in [4.69, 9.17) is 5.73 Å². The minimum atomic E-state index is -2.88. The van der Waals surface area contributed by atoms with Crippen molar-refractivity contribution in [2.45, 2.75) is 33.4 Å². The summed E-state index contributed by atoms with van der Waals surface area (Å²) in [6.07, 6.45) is -0.116. The summed E-state index contributed by atoms with van der Waals surface area (Å²) < 4.78 is 30.0. The standard InChI is InChI=1S/C20H18F2N8O4S/c1-3-29-9(2)11(7-24-29)10-6-12(18(21)22)25-20-15(10)16(17(35-20)19(23)32)26-14(31)8-28-5-4-13(27-28)30(33)34/h4-7,18H,3,8H2,1-2H3,(H2,23,32)(H,26,31). The summed E-state index contributed by atoms with van der Waals surface area (Å²) in [5.41, 5.74) is 6.54. The Morgan fingerprint density at radius 1 is 1.34 bits per heavy atom. The molecule has 0 aliphatic rings. The van der Waals surface area contributed by atoms with Gasteiger partial charge in [0.25, 0.3) is 12.3 Å². The molecule has 0 fully saturated rings. The van der Waals surface area contributed by atoms with Gasteiger partial charge in [0.05, 0.1) is 29.2 Å². The number of halogens is 2. The Balaban J connectivity index is 1.85. The SMILES string of the molecule is CCn1ncc(-c2cc(C(F)F)nc3sc(C(N)=O)c(NC(=O)Cn4ccc([N+](=O)[O-])n4)c23)c1C. The Labute approximate surface area is 199 Å². The molecule has 2 amide bonds. The summed E-state index contributed by atoms with van der Waals surface area (Å²) in [5, 5.41) is 21.6. The lowest BCUT2D eigenvalue weighted by Crippen LogP contribution is -2.21. The van der Waals surface area contributed by atoms with Gasteiger partial charge >= 0.3 is 5.82 Å². The van der Waals surface area contributed by atoms with Crippen LogP contribution in [0.3, 0.4) is 0 Å². The van der Waals surface area contributed by atoms with E-state index in [1.807, 2.05) is 6.92 Å². The van der Waals surface area contributed by atoms with Gasteiger partial charge in [0.1, 0.15) is 21.9 Å². The lowest BCUT2D eigenvalue weighted by Gasteiger charge is -2.11. The Kier molecular flexibility index (Phi) is 6.26. The smallest absolute Gasteiger partial charge is 0.365 e. The van der Waals surface area contributed by atoms with Gasteiger partial charge in [0.15, 0.2) is 0 Å². The molecule has 3 N–H and O–H groups in total. The Morgan fingerprint density at radius 2 is 2.09 bits per heavy atom. The van der Waals surface area contributed by atoms with Crippen LogP contribution in [0.25, 0.3) is 21.3 Å². The summed E-state index contributed by atoms with van der Waals surface area (Å²) in [5.74, 6) is -2.00. The van der Waals surface area contributed by atoms with Crippen LogP contribution in [0.2, 0.25) is 0 Å². The maximum atomic E-state index is 13.6. The second kappa shape index (κ2) is 9.17. The average molecular weight is 504 g/mol. The number of nitro groups is 1. The lowest BCUT2D eigenvalue weighted by molar-refractivity contribution is -0.389. The first-order valence-electron chi connectivity index (χ1n) is 10.2. The molecule has 35 heavy (non-hydrogen) atoms. The van der Waals surface area contributed by atoms with E-state index in [-0.39, 0.29) is 20.8 Å². The number of carbonyl (C=O) groups excluding carboxylic acids is 2. The molecule has 12 nitrogen and oxygen atoms in total. The van der Waals surface area contributed by atoms with Gasteiger partial charge in [-0.3, -0.25) is 14.3 Å². The van der Waals surface area contributed by atoms with Crippen molar-refractivity contribution in [1.29, 1.82) is 0 Å². The number of primary amides is 1. The Bertz CT molecular complexity index is 1480. The number of thiophene rings is 1. The van der Waals surface area contributed by atoms with Gasteiger partial charge in [-0.25, -0.2) is 13.8 Å². The van der Waals surface area contributed by atoms with Crippen LogP contribution in [0.5, 0.6) is 0 Å². The summed E-state index contributed by atoms with van der Waals surface area (Å²) in [4.78, 5) is 39.1. The number of nitrogens with zero attached hydrogens (tertiary/aromatic N) is 6. The molecule has 0 atom stereocenters. The van der Waals surface area contributed by atoms with E-state index >= 15 is 0 Å². The third-order valence-electron chi connectivity index (χ3n) is 5.21. The van der Waals surface area contributed by atoms with Crippen molar-refractivity contribution in [3.63, 3.8) is 0 Å². The van der Waals surface area contributed by atoms with Crippen LogP contribution in [-0.4, -0.2) is 41.3 Å². The zero-order valence-electron chi connectivity index (χ0n) is 18.4. The minimum absolute atomic E-state index is 0.0103. The number of aromatic nitrogens is 5. The van der Waals surface area contributed by atoms with Crippen molar-refractivity contribution in [3.8, 4) is 11.1 Å². The Hall–Kier alpha value is -4.27. The fourth-order valence-electron chi connectivity index (χ4n) is 3.63. The number of hydrogen-bond donors (Lipinski definition) is 2. The maximum Gasteiger partial charge on any atom is 0.389 e. The molecule has 0 aliphatic carbocycles. The number of carbonyl (C=O) groups is 2. The first-order valence-corrected chi connectivity index (χ1v) is 11.0. The van der Waals surface area contributed by atoms with Crippen LogP contribution >= 0.6 is 11.3 Å². The largest absolute Gasteiger partial charge is 0.389 e. The van der Waals surface area contributed by atoms with Crippen molar-refractivity contribution >= 4 is 44.9 Å². The molecule has 0 unspecified atom stereocenters. The highest BCUT2D eigenvalue weighted by Crippen LogP contribution is 2.43. The van der Waals surface area contributed by atoms with E-state index in [0.29, 0.717) is 23.4 Å². The summed E-state index contributed by atoms with van der Waals surface area (Å²) in [6, 6.07) is 2.32. The monoisotopic (exact) mass is 504 g/mol. The number of rotatable bonds is 8. The van der Waals surface area contributed by atoms with E-state index in [2.05, 4.69) is 20.5 Å². The number of nitrogens with two attached hydrogens (primary N) is 1. The minimum Gasteiger partial charge on any atom is -0.365 e. The Morgan fingerprint density at radius 3 is 2.66 bits per heavy atom. The highest BCUT2D eigenvalue weighted by Gasteiger charge is 2.26. The van der Waals surface area contributed by atoms with E-state index in [1.54, 1.807) is 11.6 Å². The van der Waals surface area contributed by atoms with Crippen LogP contribution in [0.4, 0.5) is 20.3 Å². The molecular formula is C20H18F2N8O4S. The van der Waals surface area contributed by atoms with Gasteiger partial charge < -0.3 is 21.2 Å². The van der Waals surface area contributed by atoms with Gasteiger partial charge in [-0.1, -0.05) is 0 Å². The third kappa shape index (κ3) is 4.44. The molecule has 4 heterocycles. The number of alkyl halides is 2. The molecule has 0 spiro atoms. The van der Waals surface area contributed by atoms with E-state index in [0.717, 1.165) is 22.1 Å². The van der Waals surface area contributed by atoms with Gasteiger partial charge in [0, 0.05) is 23.2 Å². The first kappa shape index (κ1) is 23.9. The molecular weight excluding hydrogens is 486 g/mol. The highest BCUT2D eigenvalue weighted by molar-refractivity contribution is 7.21. The molecule has 0 saturated heterocycles. The lowest BCUT2D eigenvalue weighted by atomic mass is 10.0. The molecule has 0 radical (unpaired) electrons. The molecule has 4 rings (SSSR count). The zero-order chi connectivity index (χ0) is 25.4. The normalized spacial score (nSPS) is 11.3. The van der Waals surface area contributed by atoms with Gasteiger partial charge in [-0.05, 0) is 30.4 Å². The molecule has 0 saturated carbocycles. The van der Waals surface area contributed by atoms with Gasteiger partial charge in [-0.15, -0.1) is 11.3 Å². The molecule has 0 aliphatic heterocycles. The predicted molar refractivity (Wildman–Crippen MR) is 122 cm³/mol. The summed E-state index contributed by atoms with van der Waals surface area (Å²) in [7, 11) is 0. The third-order valence-corrected chi connectivity index (χ3v) is 6.30. The van der Waals surface area contributed by atoms with Crippen LogP contribution in [0.15, 0.2) is 24.5 Å². The molecule has 0 aromatic carbocycles. The van der Waals surface area contributed by atoms with E-state index < -0.39 is 41.2 Å². The number of nitrogens with one attached hydrogen (secondary N) is 1. The van der Waals surface area contributed by atoms with E-state index in [1.165, 1.54) is 18.5 Å². The molecule has 4 aromatic heterocycles. The number of anilines is 1. The fraction of sp³-hybridized carbons (Fsp3) is 0.250. The second-order valence-corrected chi connectivity index (χ2v) is 8.38. The number of aryl methyl sites for hydroxylation is 1. The highest BCUT2D eigenvalue weighted by atomic mass is 32.1. The van der Waals surface area contributed by atoms with Gasteiger partial charge in [0.2, 0.25) is 5.91 Å². The second-order valence-electron chi connectivity index (χ2n) is 7.38. The fourth-order valence-corrected chi connectivity index (χ4v) is 4.64. The van der Waals surface area contributed by atoms with Crippen LogP contribution < -0.4 is 11.1 Å². The van der Waals surface area contributed by atoms with E-state index in [9.17, 15) is 28.5 Å². The van der Waals surface area contributed by atoms with Gasteiger partial charge in [-0.2, -0.15) is 9.78 Å². The average Bonchev–Trinajstić information content (AvgIpc) is 3.50. The van der Waals surface area contributed by atoms with Crippen molar-refractivity contribution in [2.75, 3.05) is 5.32 Å². The van der Waals surface area contributed by atoms with Crippen molar-refractivity contribution in [1.82, 2.24) is 24.5 Å². The van der Waals surface area contributed by atoms with Crippen molar-refractivity contribution < 1.29 is 23.3 Å². The number of amides is 2. The topological polar surface area (TPSA) is 164 Å². The predicted octanol–water partition coefficient (Wildman–Crippen LogP) is 3.27. The summed E-state index contributed by atoms with van der Waals surface area (Å²) in [6.45, 7) is 3.77. The first-order chi connectivity index (χ1) is 16.6. The molecule has 0 bridgehead atoms. The van der Waals surface area contributed by atoms with Crippen molar-refractivity contribution in [3.05, 3.63) is 50.9 Å². The van der Waals surface area contributed by atoms with Crippen molar-refractivity contribution in [2.24, 2.45) is 5.73 Å².